The molecule has 3 nitrogen and oxygen atoms in total. The second kappa shape index (κ2) is 5.69. The summed E-state index contributed by atoms with van der Waals surface area (Å²) in [5.74, 6) is -0.0975. The zero-order chi connectivity index (χ0) is 13.1. The topological polar surface area (TPSA) is 37.4 Å². The maximum atomic E-state index is 13.0. The van der Waals surface area contributed by atoms with Gasteiger partial charge in [-0.1, -0.05) is 0 Å². The van der Waals surface area contributed by atoms with Crippen LogP contribution in [0.2, 0.25) is 0 Å². The second-order valence-corrected chi connectivity index (χ2v) is 6.49. The van der Waals surface area contributed by atoms with E-state index < -0.39 is 9.84 Å². The number of sulfone groups is 1. The number of nitrogens with zero attached hydrogens (tertiary/aromatic N) is 1. The number of hydrogen-bond donors (Lipinski definition) is 0. The summed E-state index contributed by atoms with van der Waals surface area (Å²) in [7, 11) is -1.25. The van der Waals surface area contributed by atoms with Gasteiger partial charge in [-0.2, -0.15) is 0 Å². The third kappa shape index (κ3) is 4.52. The summed E-state index contributed by atoms with van der Waals surface area (Å²) in [6.45, 7) is 0.356. The zero-order valence-electron chi connectivity index (χ0n) is 9.78. The molecule has 0 aliphatic carbocycles. The summed E-state index contributed by atoms with van der Waals surface area (Å²) < 4.78 is 35.1. The molecule has 0 atom stereocenters. The molecule has 0 saturated heterocycles. The highest BCUT2D eigenvalue weighted by Crippen LogP contribution is 2.22. The quantitative estimate of drug-likeness (QED) is 0.774. The molecular formula is C11H15ClFNO2S. The summed E-state index contributed by atoms with van der Waals surface area (Å²) in [5.41, 5.74) is 1.41. The predicted octanol–water partition coefficient (Wildman–Crippen LogP) is 2.05. The van der Waals surface area contributed by atoms with Gasteiger partial charge in [0.15, 0.2) is 0 Å². The van der Waals surface area contributed by atoms with Crippen molar-refractivity contribution in [3.63, 3.8) is 0 Å². The van der Waals surface area contributed by atoms with E-state index >= 15 is 0 Å². The molecular weight excluding hydrogens is 265 g/mol. The van der Waals surface area contributed by atoms with Crippen LogP contribution in [0.4, 0.5) is 10.1 Å². The Hall–Kier alpha value is -0.810. The van der Waals surface area contributed by atoms with Gasteiger partial charge in [0, 0.05) is 31.4 Å². The fraction of sp³-hybridized carbons (Fsp3) is 0.455. The SMILES string of the molecule is CN(CCS(C)(=O)=O)c1ccc(F)cc1CCl. The van der Waals surface area contributed by atoms with E-state index in [0.717, 1.165) is 5.69 Å². The van der Waals surface area contributed by atoms with Gasteiger partial charge in [-0.05, 0) is 23.8 Å². The van der Waals surface area contributed by atoms with Crippen molar-refractivity contribution >= 4 is 27.1 Å². The zero-order valence-corrected chi connectivity index (χ0v) is 11.4. The summed E-state index contributed by atoms with van der Waals surface area (Å²) >= 11 is 5.73. The summed E-state index contributed by atoms with van der Waals surface area (Å²) in [4.78, 5) is 1.76. The van der Waals surface area contributed by atoms with Gasteiger partial charge >= 0.3 is 0 Å². The van der Waals surface area contributed by atoms with Crippen molar-refractivity contribution in [1.29, 1.82) is 0 Å². The van der Waals surface area contributed by atoms with E-state index in [0.29, 0.717) is 12.1 Å². The molecule has 0 aromatic heterocycles. The molecule has 0 aliphatic rings. The number of anilines is 1. The van der Waals surface area contributed by atoms with Crippen molar-refractivity contribution in [3.05, 3.63) is 29.6 Å². The fourth-order valence-electron chi connectivity index (χ4n) is 1.46. The van der Waals surface area contributed by atoms with Gasteiger partial charge < -0.3 is 4.90 Å². The third-order valence-electron chi connectivity index (χ3n) is 2.39. The monoisotopic (exact) mass is 279 g/mol. The van der Waals surface area contributed by atoms with Gasteiger partial charge in [0.05, 0.1) is 5.75 Å². The molecule has 0 unspecified atom stereocenters. The Labute approximate surface area is 106 Å². The Kier molecular flexibility index (Phi) is 4.77. The molecule has 0 N–H and O–H groups in total. The smallest absolute Gasteiger partial charge is 0.149 e. The molecule has 0 saturated carbocycles. The van der Waals surface area contributed by atoms with Crippen LogP contribution in [0.1, 0.15) is 5.56 Å². The molecule has 96 valence electrons. The van der Waals surface area contributed by atoms with Gasteiger partial charge in [-0.3, -0.25) is 0 Å². The van der Waals surface area contributed by atoms with Gasteiger partial charge in [0.2, 0.25) is 0 Å². The van der Waals surface area contributed by atoms with Crippen LogP contribution in [0.5, 0.6) is 0 Å². The van der Waals surface area contributed by atoms with E-state index in [4.69, 9.17) is 11.6 Å². The van der Waals surface area contributed by atoms with Crippen LogP contribution >= 0.6 is 11.6 Å². The van der Waals surface area contributed by atoms with Crippen molar-refractivity contribution in [2.24, 2.45) is 0 Å². The fourth-order valence-corrected chi connectivity index (χ4v) is 2.28. The molecule has 1 rings (SSSR count). The largest absolute Gasteiger partial charge is 0.373 e. The first-order valence-electron chi connectivity index (χ1n) is 5.07. The maximum absolute atomic E-state index is 13.0. The van der Waals surface area contributed by atoms with Crippen LogP contribution in [0.25, 0.3) is 0 Å². The van der Waals surface area contributed by atoms with Gasteiger partial charge in [-0.25, -0.2) is 12.8 Å². The molecule has 0 bridgehead atoms. The Morgan fingerprint density at radius 3 is 2.59 bits per heavy atom. The first-order valence-corrected chi connectivity index (χ1v) is 7.66. The number of benzene rings is 1. The highest BCUT2D eigenvalue weighted by Gasteiger charge is 2.10. The van der Waals surface area contributed by atoms with Crippen molar-refractivity contribution in [3.8, 4) is 0 Å². The van der Waals surface area contributed by atoms with E-state index in [1.807, 2.05) is 0 Å². The molecule has 0 radical (unpaired) electrons. The molecule has 0 spiro atoms. The number of rotatable bonds is 5. The van der Waals surface area contributed by atoms with E-state index in [-0.39, 0.29) is 17.5 Å². The van der Waals surface area contributed by atoms with Crippen LogP contribution < -0.4 is 4.90 Å². The van der Waals surface area contributed by atoms with Crippen molar-refractivity contribution in [1.82, 2.24) is 0 Å². The van der Waals surface area contributed by atoms with Crippen LogP contribution in [0.3, 0.4) is 0 Å². The molecule has 6 heteroatoms. The van der Waals surface area contributed by atoms with Crippen LogP contribution in [0.15, 0.2) is 18.2 Å². The molecule has 17 heavy (non-hydrogen) atoms. The average molecular weight is 280 g/mol. The molecule has 1 aromatic carbocycles. The number of alkyl halides is 1. The van der Waals surface area contributed by atoms with Gasteiger partial charge in [0.25, 0.3) is 0 Å². The predicted molar refractivity (Wildman–Crippen MR) is 68.9 cm³/mol. The molecule has 0 amide bonds. The van der Waals surface area contributed by atoms with E-state index in [1.54, 1.807) is 18.0 Å². The van der Waals surface area contributed by atoms with Crippen molar-refractivity contribution in [2.75, 3.05) is 30.5 Å². The lowest BCUT2D eigenvalue weighted by molar-refractivity contribution is 0.600. The first-order chi connectivity index (χ1) is 7.83. The van der Waals surface area contributed by atoms with Crippen LogP contribution in [0, 0.1) is 5.82 Å². The highest BCUT2D eigenvalue weighted by molar-refractivity contribution is 7.90. The van der Waals surface area contributed by atoms with Gasteiger partial charge in [0.1, 0.15) is 15.7 Å². The van der Waals surface area contributed by atoms with Crippen LogP contribution in [-0.4, -0.2) is 34.0 Å². The molecule has 0 heterocycles. The van der Waals surface area contributed by atoms with E-state index in [2.05, 4.69) is 0 Å². The normalized spacial score (nSPS) is 11.5. The van der Waals surface area contributed by atoms with Crippen molar-refractivity contribution < 1.29 is 12.8 Å². The average Bonchev–Trinajstić information content (AvgIpc) is 2.24. The molecule has 0 aliphatic heterocycles. The van der Waals surface area contributed by atoms with Crippen LogP contribution in [-0.2, 0) is 15.7 Å². The van der Waals surface area contributed by atoms with Crippen molar-refractivity contribution in [2.45, 2.75) is 5.88 Å². The van der Waals surface area contributed by atoms with E-state index in [1.165, 1.54) is 18.4 Å². The molecule has 0 fully saturated rings. The second-order valence-electron chi connectivity index (χ2n) is 3.96. The minimum absolute atomic E-state index is 0.0581. The lowest BCUT2D eigenvalue weighted by Crippen LogP contribution is -2.25. The minimum atomic E-state index is -3.00. The Morgan fingerprint density at radius 2 is 2.06 bits per heavy atom. The number of halogens is 2. The molecule has 1 aromatic rings. The number of hydrogen-bond acceptors (Lipinski definition) is 3. The lowest BCUT2D eigenvalue weighted by atomic mass is 10.2. The third-order valence-corrected chi connectivity index (χ3v) is 3.61. The maximum Gasteiger partial charge on any atom is 0.149 e. The summed E-state index contributed by atoms with van der Waals surface area (Å²) in [5, 5.41) is 0. The summed E-state index contributed by atoms with van der Waals surface area (Å²) in [6, 6.07) is 4.30. The van der Waals surface area contributed by atoms with E-state index in [9.17, 15) is 12.8 Å². The summed E-state index contributed by atoms with van der Waals surface area (Å²) in [6.07, 6.45) is 1.19. The first kappa shape index (κ1) is 14.3. The Bertz CT molecular complexity index is 490. The standard InChI is InChI=1S/C11H15ClFNO2S/c1-14(5-6-17(2,15)16)11-4-3-10(13)7-9(11)8-12/h3-4,7H,5-6,8H2,1-2H3. The van der Waals surface area contributed by atoms with Gasteiger partial charge in [-0.15, -0.1) is 11.6 Å². The lowest BCUT2D eigenvalue weighted by Gasteiger charge is -2.21. The highest BCUT2D eigenvalue weighted by atomic mass is 35.5. The minimum Gasteiger partial charge on any atom is -0.373 e. The Morgan fingerprint density at radius 1 is 1.41 bits per heavy atom. The Balaban J connectivity index is 2.85.